The topological polar surface area (TPSA) is 67.1 Å². The number of nitrogen functional groups attached to an aromatic ring is 1. The van der Waals surface area contributed by atoms with Crippen molar-refractivity contribution < 1.29 is 0 Å². The second kappa shape index (κ2) is 5.82. The molecule has 1 aromatic heterocycles. The highest BCUT2D eigenvalue weighted by Crippen LogP contribution is 2.20. The monoisotopic (exact) mass is 237 g/mol. The van der Waals surface area contributed by atoms with Crippen molar-refractivity contribution in [3.8, 4) is 0 Å². The average Bonchev–Trinajstić information content (AvgIpc) is 2.23. The molecule has 1 rings (SSSR count). The van der Waals surface area contributed by atoms with Crippen molar-refractivity contribution in [1.82, 2.24) is 14.9 Å². The third kappa shape index (κ3) is 3.85. The first-order chi connectivity index (χ1) is 7.91. The molecular weight excluding hydrogens is 214 g/mol. The number of nitrogens with two attached hydrogens (primary N) is 1. The average molecular weight is 237 g/mol. The molecule has 0 unspecified atom stereocenters. The van der Waals surface area contributed by atoms with Gasteiger partial charge >= 0.3 is 0 Å². The Bertz CT molecular complexity index is 373. The van der Waals surface area contributed by atoms with Crippen LogP contribution in [0.25, 0.3) is 0 Å². The van der Waals surface area contributed by atoms with Crippen LogP contribution in [0.3, 0.4) is 0 Å². The molecule has 17 heavy (non-hydrogen) atoms. The fourth-order valence-electron chi connectivity index (χ4n) is 1.38. The molecule has 0 atom stereocenters. The van der Waals surface area contributed by atoms with E-state index in [1.54, 1.807) is 0 Å². The van der Waals surface area contributed by atoms with Crippen LogP contribution in [0.1, 0.15) is 31.2 Å². The van der Waals surface area contributed by atoms with Crippen molar-refractivity contribution in [3.63, 3.8) is 0 Å². The SMILES string of the molecule is Cc1c(N)nc(C(C)C)nc1NCCN(C)C. The van der Waals surface area contributed by atoms with Gasteiger partial charge in [0, 0.05) is 24.6 Å². The molecule has 0 fully saturated rings. The molecule has 0 saturated heterocycles. The minimum absolute atomic E-state index is 0.285. The summed E-state index contributed by atoms with van der Waals surface area (Å²) in [4.78, 5) is 10.9. The lowest BCUT2D eigenvalue weighted by atomic mass is 10.2. The molecule has 1 aromatic rings. The van der Waals surface area contributed by atoms with Crippen LogP contribution in [-0.4, -0.2) is 42.1 Å². The van der Waals surface area contributed by atoms with Gasteiger partial charge in [0.2, 0.25) is 0 Å². The van der Waals surface area contributed by atoms with Gasteiger partial charge in [0.05, 0.1) is 0 Å². The Balaban J connectivity index is 2.82. The largest absolute Gasteiger partial charge is 0.383 e. The summed E-state index contributed by atoms with van der Waals surface area (Å²) in [6.07, 6.45) is 0. The van der Waals surface area contributed by atoms with Gasteiger partial charge in [-0.15, -0.1) is 0 Å². The second-order valence-corrected chi connectivity index (χ2v) is 4.83. The minimum atomic E-state index is 0.285. The van der Waals surface area contributed by atoms with Crippen molar-refractivity contribution >= 4 is 11.6 Å². The van der Waals surface area contributed by atoms with Gasteiger partial charge in [-0.05, 0) is 21.0 Å². The van der Waals surface area contributed by atoms with Crippen LogP contribution in [-0.2, 0) is 0 Å². The van der Waals surface area contributed by atoms with Crippen molar-refractivity contribution in [1.29, 1.82) is 0 Å². The molecule has 0 aliphatic rings. The minimum Gasteiger partial charge on any atom is -0.383 e. The molecule has 3 N–H and O–H groups in total. The summed E-state index contributed by atoms with van der Waals surface area (Å²) < 4.78 is 0. The molecule has 1 heterocycles. The predicted octanol–water partition coefficient (Wildman–Crippen LogP) is 1.46. The maximum absolute atomic E-state index is 5.89. The highest BCUT2D eigenvalue weighted by atomic mass is 15.1. The number of nitrogens with one attached hydrogen (secondary N) is 1. The fourth-order valence-corrected chi connectivity index (χ4v) is 1.38. The van der Waals surface area contributed by atoms with Crippen LogP contribution in [0.15, 0.2) is 0 Å². The van der Waals surface area contributed by atoms with Crippen LogP contribution in [0.4, 0.5) is 11.6 Å². The van der Waals surface area contributed by atoms with Gasteiger partial charge in [-0.1, -0.05) is 13.8 Å². The highest BCUT2D eigenvalue weighted by Gasteiger charge is 2.10. The fraction of sp³-hybridized carbons (Fsp3) is 0.667. The lowest BCUT2D eigenvalue weighted by molar-refractivity contribution is 0.425. The Morgan fingerprint density at radius 3 is 2.47 bits per heavy atom. The molecule has 0 radical (unpaired) electrons. The van der Waals surface area contributed by atoms with Crippen LogP contribution in [0, 0.1) is 6.92 Å². The van der Waals surface area contributed by atoms with E-state index in [0.29, 0.717) is 5.82 Å². The molecule has 0 aliphatic carbocycles. The van der Waals surface area contributed by atoms with E-state index in [4.69, 9.17) is 5.73 Å². The third-order valence-corrected chi connectivity index (χ3v) is 2.57. The van der Waals surface area contributed by atoms with E-state index < -0.39 is 0 Å². The smallest absolute Gasteiger partial charge is 0.135 e. The zero-order valence-corrected chi connectivity index (χ0v) is 11.4. The van der Waals surface area contributed by atoms with Gasteiger partial charge in [-0.2, -0.15) is 0 Å². The second-order valence-electron chi connectivity index (χ2n) is 4.83. The number of nitrogens with zero attached hydrogens (tertiary/aromatic N) is 3. The lowest BCUT2D eigenvalue weighted by Crippen LogP contribution is -2.22. The first kappa shape index (κ1) is 13.7. The first-order valence-electron chi connectivity index (χ1n) is 5.94. The molecule has 96 valence electrons. The maximum Gasteiger partial charge on any atom is 0.135 e. The summed E-state index contributed by atoms with van der Waals surface area (Å²) in [5.41, 5.74) is 6.81. The summed E-state index contributed by atoms with van der Waals surface area (Å²) in [5.74, 6) is 2.49. The first-order valence-corrected chi connectivity index (χ1v) is 5.94. The maximum atomic E-state index is 5.89. The van der Waals surface area contributed by atoms with E-state index in [9.17, 15) is 0 Å². The van der Waals surface area contributed by atoms with E-state index in [0.717, 1.165) is 30.3 Å². The zero-order valence-electron chi connectivity index (χ0n) is 11.4. The molecule has 5 heteroatoms. The van der Waals surface area contributed by atoms with E-state index in [2.05, 4.69) is 34.0 Å². The molecular formula is C12H23N5. The molecule has 0 saturated carbocycles. The summed E-state index contributed by atoms with van der Waals surface area (Å²) in [7, 11) is 4.09. The highest BCUT2D eigenvalue weighted by molar-refractivity contribution is 5.54. The normalized spacial score (nSPS) is 11.2. The molecule has 0 spiro atoms. The summed E-state index contributed by atoms with van der Waals surface area (Å²) in [5, 5.41) is 3.31. The van der Waals surface area contributed by atoms with Crippen LogP contribution >= 0.6 is 0 Å². The summed E-state index contributed by atoms with van der Waals surface area (Å²) in [6, 6.07) is 0. The Morgan fingerprint density at radius 2 is 1.94 bits per heavy atom. The Kier molecular flexibility index (Phi) is 4.69. The van der Waals surface area contributed by atoms with Gasteiger partial charge < -0.3 is 16.0 Å². The van der Waals surface area contributed by atoms with E-state index in [-0.39, 0.29) is 5.92 Å². The van der Waals surface area contributed by atoms with Gasteiger partial charge in [-0.25, -0.2) is 9.97 Å². The predicted molar refractivity (Wildman–Crippen MR) is 72.3 cm³/mol. The Morgan fingerprint density at radius 1 is 1.29 bits per heavy atom. The third-order valence-electron chi connectivity index (χ3n) is 2.57. The summed E-state index contributed by atoms with van der Waals surface area (Å²) >= 11 is 0. The van der Waals surface area contributed by atoms with E-state index >= 15 is 0 Å². The van der Waals surface area contributed by atoms with E-state index in [1.165, 1.54) is 0 Å². The van der Waals surface area contributed by atoms with Crippen LogP contribution in [0.5, 0.6) is 0 Å². The Labute approximate surface area is 103 Å². The number of likely N-dealkylation sites (N-methyl/N-ethyl adjacent to an activating group) is 1. The molecule has 5 nitrogen and oxygen atoms in total. The quantitative estimate of drug-likeness (QED) is 0.811. The van der Waals surface area contributed by atoms with Gasteiger partial charge in [0.25, 0.3) is 0 Å². The van der Waals surface area contributed by atoms with Crippen molar-refractivity contribution in [2.45, 2.75) is 26.7 Å². The van der Waals surface area contributed by atoms with Crippen molar-refractivity contribution in [2.24, 2.45) is 0 Å². The molecule has 0 aromatic carbocycles. The molecule has 0 amide bonds. The molecule has 0 aliphatic heterocycles. The summed E-state index contributed by atoms with van der Waals surface area (Å²) in [6.45, 7) is 7.88. The van der Waals surface area contributed by atoms with Crippen LogP contribution in [0.2, 0.25) is 0 Å². The van der Waals surface area contributed by atoms with Gasteiger partial charge in [0.1, 0.15) is 17.5 Å². The van der Waals surface area contributed by atoms with Gasteiger partial charge in [-0.3, -0.25) is 0 Å². The van der Waals surface area contributed by atoms with Crippen molar-refractivity contribution in [2.75, 3.05) is 38.2 Å². The molecule has 0 bridgehead atoms. The van der Waals surface area contributed by atoms with E-state index in [1.807, 2.05) is 21.0 Å². The standard InChI is InChI=1S/C12H23N5/c1-8(2)11-15-10(13)9(3)12(16-11)14-6-7-17(4)5/h8H,6-7H2,1-5H3,(H3,13,14,15,16). The zero-order chi connectivity index (χ0) is 13.0. The van der Waals surface area contributed by atoms with Gasteiger partial charge in [0.15, 0.2) is 0 Å². The number of anilines is 2. The number of hydrogen-bond acceptors (Lipinski definition) is 5. The number of aromatic nitrogens is 2. The lowest BCUT2D eigenvalue weighted by Gasteiger charge is -2.15. The number of rotatable bonds is 5. The van der Waals surface area contributed by atoms with Crippen molar-refractivity contribution in [3.05, 3.63) is 11.4 Å². The Hall–Kier alpha value is -1.36. The van der Waals surface area contributed by atoms with Crippen LogP contribution < -0.4 is 11.1 Å². The number of hydrogen-bond donors (Lipinski definition) is 2.